The molecule has 2 heteroatoms. The number of rotatable bonds is 29. The van der Waals surface area contributed by atoms with E-state index in [0.717, 1.165) is 6.42 Å². The summed E-state index contributed by atoms with van der Waals surface area (Å²) in [5.74, 6) is 0.625. The highest BCUT2D eigenvalue weighted by Gasteiger charge is 2.12. The van der Waals surface area contributed by atoms with Crippen molar-refractivity contribution in [1.29, 1.82) is 0 Å². The van der Waals surface area contributed by atoms with Gasteiger partial charge in [-0.3, -0.25) is 4.79 Å². The van der Waals surface area contributed by atoms with E-state index in [1.807, 2.05) is 0 Å². The fourth-order valence-electron chi connectivity index (χ4n) is 5.13. The summed E-state index contributed by atoms with van der Waals surface area (Å²) in [6.45, 7) is 7.49. The third-order valence-electron chi connectivity index (χ3n) is 7.65. The van der Waals surface area contributed by atoms with E-state index in [1.54, 1.807) is 0 Å². The lowest BCUT2D eigenvalue weighted by Crippen LogP contribution is -2.14. The third kappa shape index (κ3) is 27.9. The largest absolute Gasteiger partial charge is 0.465 e. The number of unbranched alkanes of at least 4 members (excludes halogenated alkanes) is 21. The quantitative estimate of drug-likeness (QED) is 0.0763. The van der Waals surface area contributed by atoms with E-state index >= 15 is 0 Å². The van der Waals surface area contributed by atoms with Crippen molar-refractivity contribution in [1.82, 2.24) is 0 Å². The molecule has 0 heterocycles. The van der Waals surface area contributed by atoms with Crippen molar-refractivity contribution in [2.45, 2.75) is 194 Å². The molecule has 0 bridgehead atoms. The maximum Gasteiger partial charge on any atom is 0.305 e. The van der Waals surface area contributed by atoms with E-state index < -0.39 is 0 Å². The van der Waals surface area contributed by atoms with E-state index in [2.05, 4.69) is 20.8 Å². The van der Waals surface area contributed by atoms with Crippen molar-refractivity contribution in [3.05, 3.63) is 0 Å². The van der Waals surface area contributed by atoms with Crippen LogP contribution in [-0.2, 0) is 9.53 Å². The van der Waals surface area contributed by atoms with Gasteiger partial charge in [-0.15, -0.1) is 0 Å². The molecule has 0 aromatic heterocycles. The van der Waals surface area contributed by atoms with Gasteiger partial charge in [-0.05, 0) is 25.2 Å². The van der Waals surface area contributed by atoms with Crippen LogP contribution in [0.15, 0.2) is 0 Å². The number of ether oxygens (including phenoxy) is 1. The van der Waals surface area contributed by atoms with Crippen LogP contribution < -0.4 is 0 Å². The topological polar surface area (TPSA) is 26.3 Å². The van der Waals surface area contributed by atoms with Gasteiger partial charge >= 0.3 is 5.97 Å². The van der Waals surface area contributed by atoms with Gasteiger partial charge in [0.2, 0.25) is 0 Å². The van der Waals surface area contributed by atoms with Crippen molar-refractivity contribution in [2.24, 2.45) is 5.92 Å². The van der Waals surface area contributed by atoms with Crippen molar-refractivity contribution in [2.75, 3.05) is 6.61 Å². The normalized spacial score (nSPS) is 12.2. The molecule has 0 aromatic rings. The van der Waals surface area contributed by atoms with Crippen LogP contribution in [0, 0.1) is 5.92 Å². The predicted molar refractivity (Wildman–Crippen MR) is 156 cm³/mol. The zero-order valence-electron chi connectivity index (χ0n) is 24.7. The van der Waals surface area contributed by atoms with Crippen LogP contribution in [0.2, 0.25) is 0 Å². The predicted octanol–water partition coefficient (Wildman–Crippen LogP) is 11.7. The molecule has 0 fully saturated rings. The van der Waals surface area contributed by atoms with Gasteiger partial charge in [-0.1, -0.05) is 168 Å². The van der Waals surface area contributed by atoms with Gasteiger partial charge in [0.1, 0.15) is 0 Å². The van der Waals surface area contributed by atoms with Gasteiger partial charge in [0.05, 0.1) is 6.61 Å². The first-order valence-electron chi connectivity index (χ1n) is 16.4. The summed E-state index contributed by atoms with van der Waals surface area (Å²) in [4.78, 5) is 12.2. The van der Waals surface area contributed by atoms with Crippen LogP contribution >= 0.6 is 0 Å². The van der Waals surface area contributed by atoms with Crippen molar-refractivity contribution < 1.29 is 9.53 Å². The first-order valence-corrected chi connectivity index (χ1v) is 16.4. The van der Waals surface area contributed by atoms with E-state index in [1.165, 1.54) is 161 Å². The molecule has 0 aliphatic rings. The molecule has 0 spiro atoms. The Labute approximate surface area is 222 Å². The van der Waals surface area contributed by atoms with E-state index in [9.17, 15) is 4.79 Å². The number of hydrogen-bond donors (Lipinski definition) is 0. The average Bonchev–Trinajstić information content (AvgIpc) is 2.86. The van der Waals surface area contributed by atoms with Gasteiger partial charge in [-0.25, -0.2) is 0 Å². The second-order valence-corrected chi connectivity index (χ2v) is 11.3. The molecule has 0 radical (unpaired) electrons. The summed E-state index contributed by atoms with van der Waals surface area (Å²) in [6.07, 6.45) is 35.4. The molecule has 35 heavy (non-hydrogen) atoms. The zero-order valence-corrected chi connectivity index (χ0v) is 24.7. The molecule has 0 rings (SSSR count). The van der Waals surface area contributed by atoms with Crippen LogP contribution in [0.4, 0.5) is 0 Å². The van der Waals surface area contributed by atoms with Crippen molar-refractivity contribution in [3.8, 4) is 0 Å². The molecule has 1 unspecified atom stereocenters. The highest BCUT2D eigenvalue weighted by atomic mass is 16.5. The van der Waals surface area contributed by atoms with Crippen LogP contribution in [-0.4, -0.2) is 12.6 Å². The molecule has 0 aliphatic carbocycles. The van der Waals surface area contributed by atoms with E-state index in [-0.39, 0.29) is 5.97 Å². The van der Waals surface area contributed by atoms with Gasteiger partial charge in [0.15, 0.2) is 0 Å². The third-order valence-corrected chi connectivity index (χ3v) is 7.65. The molecule has 0 saturated heterocycles. The highest BCUT2D eigenvalue weighted by molar-refractivity contribution is 5.69. The summed E-state index contributed by atoms with van der Waals surface area (Å²) in [7, 11) is 0. The van der Waals surface area contributed by atoms with Crippen molar-refractivity contribution >= 4 is 5.97 Å². The average molecular weight is 495 g/mol. The summed E-state index contributed by atoms with van der Waals surface area (Å²) >= 11 is 0. The number of hydrogen-bond acceptors (Lipinski definition) is 2. The number of carbonyl (C=O) groups excluding carboxylic acids is 1. The van der Waals surface area contributed by atoms with Crippen molar-refractivity contribution in [3.63, 3.8) is 0 Å². The smallest absolute Gasteiger partial charge is 0.305 e. The summed E-state index contributed by atoms with van der Waals surface area (Å²) in [5, 5.41) is 0. The summed E-state index contributed by atoms with van der Waals surface area (Å²) in [6, 6.07) is 0. The molecule has 210 valence electrons. The molecular weight excluding hydrogens is 428 g/mol. The molecule has 2 nitrogen and oxygen atoms in total. The fraction of sp³-hybridized carbons (Fsp3) is 0.970. The first kappa shape index (κ1) is 34.5. The van der Waals surface area contributed by atoms with Gasteiger partial charge in [-0.2, -0.15) is 0 Å². The minimum Gasteiger partial charge on any atom is -0.465 e. The van der Waals surface area contributed by atoms with Gasteiger partial charge in [0, 0.05) is 6.42 Å². The Balaban J connectivity index is 3.74. The fourth-order valence-corrected chi connectivity index (χ4v) is 5.13. The molecule has 0 saturated carbocycles. The van der Waals surface area contributed by atoms with Gasteiger partial charge < -0.3 is 4.74 Å². The lowest BCUT2D eigenvalue weighted by Gasteiger charge is -2.17. The Kier molecular flexibility index (Phi) is 29.2. The number of carbonyl (C=O) groups is 1. The molecule has 0 amide bonds. The first-order chi connectivity index (χ1) is 17.2. The molecule has 0 aromatic carbocycles. The monoisotopic (exact) mass is 495 g/mol. The standard InChI is InChI=1S/C33H66O2/c1-4-7-10-12-14-16-17-18-20-21-23-26-29-32(28-25-9-6-3)31-35-33(34)30-27-24-22-19-15-13-11-8-5-2/h32H,4-31H2,1-3H3. The van der Waals surface area contributed by atoms with E-state index in [0.29, 0.717) is 18.9 Å². The Morgan fingerprint density at radius 3 is 1.20 bits per heavy atom. The second kappa shape index (κ2) is 29.7. The minimum absolute atomic E-state index is 0.0446. The molecular formula is C33H66O2. The highest BCUT2D eigenvalue weighted by Crippen LogP contribution is 2.20. The second-order valence-electron chi connectivity index (χ2n) is 11.3. The molecule has 1 atom stereocenters. The maximum atomic E-state index is 12.2. The van der Waals surface area contributed by atoms with Crippen LogP contribution in [0.5, 0.6) is 0 Å². The summed E-state index contributed by atoms with van der Waals surface area (Å²) < 4.78 is 5.73. The zero-order chi connectivity index (χ0) is 25.7. The molecule has 0 N–H and O–H groups in total. The van der Waals surface area contributed by atoms with Crippen LogP contribution in [0.3, 0.4) is 0 Å². The Hall–Kier alpha value is -0.530. The Morgan fingerprint density at radius 2 is 0.771 bits per heavy atom. The van der Waals surface area contributed by atoms with E-state index in [4.69, 9.17) is 4.74 Å². The van der Waals surface area contributed by atoms with Gasteiger partial charge in [0.25, 0.3) is 0 Å². The molecule has 0 aliphatic heterocycles. The van der Waals surface area contributed by atoms with Crippen LogP contribution in [0.25, 0.3) is 0 Å². The Bertz CT molecular complexity index is 406. The lowest BCUT2D eigenvalue weighted by atomic mass is 9.95. The summed E-state index contributed by atoms with van der Waals surface area (Å²) in [5.41, 5.74) is 0. The van der Waals surface area contributed by atoms with Crippen LogP contribution in [0.1, 0.15) is 194 Å². The minimum atomic E-state index is 0.0446. The Morgan fingerprint density at radius 1 is 0.457 bits per heavy atom. The number of esters is 1. The maximum absolute atomic E-state index is 12.2. The lowest BCUT2D eigenvalue weighted by molar-refractivity contribution is -0.145. The SMILES string of the molecule is CCCCCCCCCCCCCCC(CCCCC)COC(=O)CCCCCCCCCCC.